The Morgan fingerprint density at radius 1 is 1.19 bits per heavy atom. The first-order valence-electron chi connectivity index (χ1n) is 7.70. The maximum atomic E-state index is 4.77. The number of hydrogen-bond acceptors (Lipinski definition) is 4. The molecule has 0 saturated carbocycles. The smallest absolute Gasteiger partial charge is 0.227 e. The summed E-state index contributed by atoms with van der Waals surface area (Å²) in [6.07, 6.45) is 4.35. The molecule has 0 bridgehead atoms. The molecule has 3 rings (SSSR count). The zero-order chi connectivity index (χ0) is 14.7. The number of anilines is 3. The van der Waals surface area contributed by atoms with Crippen molar-refractivity contribution in [2.24, 2.45) is 0 Å². The molecule has 1 aliphatic heterocycles. The van der Waals surface area contributed by atoms with E-state index in [1.807, 2.05) is 12.3 Å². The van der Waals surface area contributed by atoms with Crippen LogP contribution in [0.5, 0.6) is 0 Å². The van der Waals surface area contributed by atoms with Gasteiger partial charge in [0.05, 0.1) is 0 Å². The van der Waals surface area contributed by atoms with Crippen molar-refractivity contribution in [2.45, 2.75) is 26.7 Å². The van der Waals surface area contributed by atoms with Crippen LogP contribution in [0.4, 0.5) is 17.5 Å². The number of aryl methyl sites for hydroxylation is 1. The van der Waals surface area contributed by atoms with E-state index in [-0.39, 0.29) is 0 Å². The standard InChI is InChI=1S/C17H22N4/c1-3-21(15-8-6-7-14(2)13-15)16-9-10-18-17(19-16)20-11-4-5-12-20/h6-10,13H,3-5,11-12H2,1-2H3. The van der Waals surface area contributed by atoms with E-state index in [0.717, 1.165) is 31.4 Å². The van der Waals surface area contributed by atoms with Crippen molar-refractivity contribution >= 4 is 17.5 Å². The topological polar surface area (TPSA) is 32.3 Å². The quantitative estimate of drug-likeness (QED) is 0.858. The van der Waals surface area contributed by atoms with Crippen LogP contribution in [-0.4, -0.2) is 29.6 Å². The van der Waals surface area contributed by atoms with E-state index in [4.69, 9.17) is 4.98 Å². The predicted molar refractivity (Wildman–Crippen MR) is 87.3 cm³/mol. The number of hydrogen-bond donors (Lipinski definition) is 0. The minimum atomic E-state index is 0.858. The van der Waals surface area contributed by atoms with E-state index in [9.17, 15) is 0 Å². The van der Waals surface area contributed by atoms with Gasteiger partial charge in [0.2, 0.25) is 5.95 Å². The van der Waals surface area contributed by atoms with Crippen molar-refractivity contribution in [1.29, 1.82) is 0 Å². The van der Waals surface area contributed by atoms with Crippen molar-refractivity contribution in [2.75, 3.05) is 29.4 Å². The maximum absolute atomic E-state index is 4.77. The molecule has 0 N–H and O–H groups in total. The summed E-state index contributed by atoms with van der Waals surface area (Å²) in [5.74, 6) is 1.83. The first-order chi connectivity index (χ1) is 10.3. The second-order valence-electron chi connectivity index (χ2n) is 5.49. The Bertz CT molecular complexity index is 605. The van der Waals surface area contributed by atoms with E-state index in [1.54, 1.807) is 0 Å². The molecule has 0 radical (unpaired) electrons. The third-order valence-electron chi connectivity index (χ3n) is 3.92. The first-order valence-corrected chi connectivity index (χ1v) is 7.70. The molecule has 4 heteroatoms. The molecular formula is C17H22N4. The lowest BCUT2D eigenvalue weighted by atomic mass is 10.2. The summed E-state index contributed by atoms with van der Waals surface area (Å²) < 4.78 is 0. The van der Waals surface area contributed by atoms with E-state index in [1.165, 1.54) is 24.1 Å². The third kappa shape index (κ3) is 2.99. The van der Waals surface area contributed by atoms with Crippen molar-refractivity contribution in [3.63, 3.8) is 0 Å². The fourth-order valence-corrected chi connectivity index (χ4v) is 2.83. The minimum absolute atomic E-state index is 0.858. The van der Waals surface area contributed by atoms with Gasteiger partial charge in [0.25, 0.3) is 0 Å². The Morgan fingerprint density at radius 2 is 2.00 bits per heavy atom. The zero-order valence-corrected chi connectivity index (χ0v) is 12.8. The summed E-state index contributed by atoms with van der Waals surface area (Å²) >= 11 is 0. The van der Waals surface area contributed by atoms with Crippen LogP contribution in [0.3, 0.4) is 0 Å². The lowest BCUT2D eigenvalue weighted by Gasteiger charge is -2.24. The molecule has 1 saturated heterocycles. The molecule has 110 valence electrons. The number of aromatic nitrogens is 2. The molecule has 2 aromatic rings. The van der Waals surface area contributed by atoms with Crippen LogP contribution < -0.4 is 9.80 Å². The highest BCUT2D eigenvalue weighted by molar-refractivity contribution is 5.61. The average Bonchev–Trinajstić information content (AvgIpc) is 3.03. The lowest BCUT2D eigenvalue weighted by molar-refractivity contribution is 0.884. The molecule has 0 spiro atoms. The molecule has 2 heterocycles. The second-order valence-corrected chi connectivity index (χ2v) is 5.49. The Morgan fingerprint density at radius 3 is 2.71 bits per heavy atom. The van der Waals surface area contributed by atoms with Gasteiger partial charge in [0, 0.05) is 31.5 Å². The Balaban J connectivity index is 1.91. The Kier molecular flexibility index (Phi) is 4.04. The molecule has 4 nitrogen and oxygen atoms in total. The third-order valence-corrected chi connectivity index (χ3v) is 3.92. The van der Waals surface area contributed by atoms with Gasteiger partial charge in [-0.2, -0.15) is 4.98 Å². The van der Waals surface area contributed by atoms with Crippen molar-refractivity contribution in [3.05, 3.63) is 42.1 Å². The van der Waals surface area contributed by atoms with Gasteiger partial charge in [-0.1, -0.05) is 12.1 Å². The second kappa shape index (κ2) is 6.12. The zero-order valence-electron chi connectivity index (χ0n) is 12.8. The Hall–Kier alpha value is -2.10. The van der Waals surface area contributed by atoms with Gasteiger partial charge in [-0.3, -0.25) is 0 Å². The van der Waals surface area contributed by atoms with E-state index < -0.39 is 0 Å². The van der Waals surface area contributed by atoms with Crippen LogP contribution in [-0.2, 0) is 0 Å². The molecular weight excluding hydrogens is 260 g/mol. The van der Waals surface area contributed by atoms with Gasteiger partial charge < -0.3 is 9.80 Å². The average molecular weight is 282 g/mol. The minimum Gasteiger partial charge on any atom is -0.341 e. The number of benzene rings is 1. The molecule has 1 aromatic heterocycles. The monoisotopic (exact) mass is 282 g/mol. The number of nitrogens with zero attached hydrogens (tertiary/aromatic N) is 4. The van der Waals surface area contributed by atoms with Gasteiger partial charge in [0.1, 0.15) is 5.82 Å². The van der Waals surface area contributed by atoms with Gasteiger partial charge in [0.15, 0.2) is 0 Å². The molecule has 1 aromatic carbocycles. The van der Waals surface area contributed by atoms with Crippen molar-refractivity contribution < 1.29 is 0 Å². The van der Waals surface area contributed by atoms with Crippen LogP contribution >= 0.6 is 0 Å². The van der Waals surface area contributed by atoms with Crippen molar-refractivity contribution in [1.82, 2.24) is 9.97 Å². The molecule has 1 fully saturated rings. The van der Waals surface area contributed by atoms with Gasteiger partial charge in [-0.05, 0) is 50.5 Å². The SMILES string of the molecule is CCN(c1cccc(C)c1)c1ccnc(N2CCCC2)n1. The van der Waals surface area contributed by atoms with Crippen LogP contribution in [0.15, 0.2) is 36.5 Å². The van der Waals surface area contributed by atoms with Gasteiger partial charge in [-0.25, -0.2) is 4.98 Å². The molecule has 0 unspecified atom stereocenters. The molecule has 0 aliphatic carbocycles. The number of rotatable bonds is 4. The van der Waals surface area contributed by atoms with Crippen molar-refractivity contribution in [3.8, 4) is 0 Å². The van der Waals surface area contributed by atoms with Crippen LogP contribution in [0, 0.1) is 6.92 Å². The maximum Gasteiger partial charge on any atom is 0.227 e. The van der Waals surface area contributed by atoms with E-state index in [2.05, 4.69) is 52.9 Å². The largest absolute Gasteiger partial charge is 0.341 e. The van der Waals surface area contributed by atoms with Gasteiger partial charge in [-0.15, -0.1) is 0 Å². The van der Waals surface area contributed by atoms with E-state index >= 15 is 0 Å². The first kappa shape index (κ1) is 13.9. The lowest BCUT2D eigenvalue weighted by Crippen LogP contribution is -2.23. The summed E-state index contributed by atoms with van der Waals surface area (Å²) in [6.45, 7) is 7.30. The fourth-order valence-electron chi connectivity index (χ4n) is 2.83. The van der Waals surface area contributed by atoms with Gasteiger partial charge >= 0.3 is 0 Å². The summed E-state index contributed by atoms with van der Waals surface area (Å²) in [6, 6.07) is 10.5. The predicted octanol–water partition coefficient (Wildman–Crippen LogP) is 3.54. The van der Waals surface area contributed by atoms with Crippen LogP contribution in [0.25, 0.3) is 0 Å². The molecule has 0 amide bonds. The fraction of sp³-hybridized carbons (Fsp3) is 0.412. The normalized spacial score (nSPS) is 14.5. The highest BCUT2D eigenvalue weighted by Crippen LogP contribution is 2.26. The highest BCUT2D eigenvalue weighted by Gasteiger charge is 2.16. The van der Waals surface area contributed by atoms with Crippen LogP contribution in [0.1, 0.15) is 25.3 Å². The van der Waals surface area contributed by atoms with E-state index in [0.29, 0.717) is 0 Å². The molecule has 0 atom stereocenters. The molecule has 21 heavy (non-hydrogen) atoms. The van der Waals surface area contributed by atoms with Crippen LogP contribution in [0.2, 0.25) is 0 Å². The summed E-state index contributed by atoms with van der Waals surface area (Å²) in [4.78, 5) is 13.7. The summed E-state index contributed by atoms with van der Waals surface area (Å²) in [5, 5.41) is 0. The summed E-state index contributed by atoms with van der Waals surface area (Å²) in [7, 11) is 0. The Labute approximate surface area is 126 Å². The molecule has 1 aliphatic rings. The highest BCUT2D eigenvalue weighted by atomic mass is 15.3. The summed E-state index contributed by atoms with van der Waals surface area (Å²) in [5.41, 5.74) is 2.45.